The predicted octanol–water partition coefficient (Wildman–Crippen LogP) is 1.62. The van der Waals surface area contributed by atoms with E-state index < -0.39 is 0 Å². The second-order valence-corrected chi connectivity index (χ2v) is 5.40. The fourth-order valence-corrected chi connectivity index (χ4v) is 3.10. The Hall–Kier alpha value is -1.08. The summed E-state index contributed by atoms with van der Waals surface area (Å²) in [7, 11) is 0. The van der Waals surface area contributed by atoms with E-state index in [0.717, 1.165) is 51.9 Å². The lowest BCUT2D eigenvalue weighted by atomic mass is 9.94. The first-order valence-corrected chi connectivity index (χ1v) is 7.16. The van der Waals surface area contributed by atoms with E-state index in [-0.39, 0.29) is 11.8 Å². The van der Waals surface area contributed by atoms with Crippen LogP contribution in [-0.4, -0.2) is 47.9 Å². The molecule has 0 N–H and O–H groups in total. The fraction of sp³-hybridized carbons (Fsp3) is 0.857. The van der Waals surface area contributed by atoms with Gasteiger partial charge in [-0.3, -0.25) is 4.79 Å². The van der Waals surface area contributed by atoms with Gasteiger partial charge in [-0.1, -0.05) is 6.92 Å². The monoisotopic (exact) mass is 249 g/mol. The summed E-state index contributed by atoms with van der Waals surface area (Å²) in [6.07, 6.45) is 4.86. The highest BCUT2D eigenvalue weighted by Crippen LogP contribution is 2.23. The number of rotatable bonds is 2. The zero-order valence-corrected chi connectivity index (χ0v) is 11.3. The number of carbonyl (C=O) groups is 1. The number of carbonyl (C=O) groups excluding carboxylic acids is 1. The Morgan fingerprint density at radius 3 is 2.28 bits per heavy atom. The summed E-state index contributed by atoms with van der Waals surface area (Å²) in [6, 6.07) is 3.01. The molecule has 0 aromatic heterocycles. The molecular formula is C14H23N3O. The van der Waals surface area contributed by atoms with Crippen LogP contribution in [0.15, 0.2) is 0 Å². The van der Waals surface area contributed by atoms with Gasteiger partial charge in [-0.2, -0.15) is 5.26 Å². The zero-order valence-electron chi connectivity index (χ0n) is 11.3. The normalized spacial score (nSPS) is 23.9. The topological polar surface area (TPSA) is 47.3 Å². The van der Waals surface area contributed by atoms with Crippen LogP contribution in [0.4, 0.5) is 0 Å². The zero-order chi connectivity index (χ0) is 13.0. The van der Waals surface area contributed by atoms with Crippen LogP contribution in [0.25, 0.3) is 0 Å². The molecule has 0 bridgehead atoms. The first-order valence-electron chi connectivity index (χ1n) is 7.16. The number of piperidine rings is 2. The molecule has 2 heterocycles. The standard InChI is InChI=1S/C14H23N3O/c1-2-14(18)17-9-5-13(6-10-17)16-7-3-12(11-15)4-8-16/h12-13H,2-10H2,1H3. The molecule has 100 valence electrons. The number of hydrogen-bond acceptors (Lipinski definition) is 3. The maximum Gasteiger partial charge on any atom is 0.222 e. The quantitative estimate of drug-likeness (QED) is 0.747. The Morgan fingerprint density at radius 1 is 1.17 bits per heavy atom. The highest BCUT2D eigenvalue weighted by Gasteiger charge is 2.28. The lowest BCUT2D eigenvalue weighted by Gasteiger charge is -2.41. The maximum absolute atomic E-state index is 11.6. The lowest BCUT2D eigenvalue weighted by Crippen LogP contribution is -2.48. The van der Waals surface area contributed by atoms with E-state index in [1.54, 1.807) is 0 Å². The molecule has 0 atom stereocenters. The van der Waals surface area contributed by atoms with Crippen molar-refractivity contribution in [2.24, 2.45) is 5.92 Å². The Labute approximate surface area is 110 Å². The van der Waals surface area contributed by atoms with Crippen LogP contribution in [0.5, 0.6) is 0 Å². The molecule has 0 aromatic carbocycles. The van der Waals surface area contributed by atoms with Crippen molar-refractivity contribution in [3.8, 4) is 6.07 Å². The van der Waals surface area contributed by atoms with Gasteiger partial charge in [0.05, 0.1) is 6.07 Å². The number of hydrogen-bond donors (Lipinski definition) is 0. The van der Waals surface area contributed by atoms with Crippen LogP contribution in [0.1, 0.15) is 39.0 Å². The third kappa shape index (κ3) is 3.02. The van der Waals surface area contributed by atoms with E-state index in [1.165, 1.54) is 0 Å². The Balaban J connectivity index is 1.77. The van der Waals surface area contributed by atoms with Crippen LogP contribution < -0.4 is 0 Å². The van der Waals surface area contributed by atoms with Gasteiger partial charge in [0.1, 0.15) is 0 Å². The summed E-state index contributed by atoms with van der Waals surface area (Å²) >= 11 is 0. The number of nitriles is 1. The summed E-state index contributed by atoms with van der Waals surface area (Å²) in [4.78, 5) is 16.1. The maximum atomic E-state index is 11.6. The summed E-state index contributed by atoms with van der Waals surface area (Å²) in [6.45, 7) is 5.88. The largest absolute Gasteiger partial charge is 0.343 e. The molecule has 2 saturated heterocycles. The van der Waals surface area contributed by atoms with Gasteiger partial charge in [0, 0.05) is 31.5 Å². The highest BCUT2D eigenvalue weighted by molar-refractivity contribution is 5.75. The second kappa shape index (κ2) is 6.19. The van der Waals surface area contributed by atoms with Crippen LogP contribution in [0.3, 0.4) is 0 Å². The van der Waals surface area contributed by atoms with Gasteiger partial charge in [-0.25, -0.2) is 0 Å². The Morgan fingerprint density at radius 2 is 1.78 bits per heavy atom. The lowest BCUT2D eigenvalue weighted by molar-refractivity contribution is -0.132. The summed E-state index contributed by atoms with van der Waals surface area (Å²) < 4.78 is 0. The fourth-order valence-electron chi connectivity index (χ4n) is 3.10. The van der Waals surface area contributed by atoms with Gasteiger partial charge in [0.2, 0.25) is 5.91 Å². The first kappa shape index (κ1) is 13.4. The van der Waals surface area contributed by atoms with Crippen molar-refractivity contribution in [1.29, 1.82) is 5.26 Å². The van der Waals surface area contributed by atoms with Gasteiger partial charge in [0.15, 0.2) is 0 Å². The smallest absolute Gasteiger partial charge is 0.222 e. The molecule has 0 saturated carbocycles. The molecule has 4 heteroatoms. The number of likely N-dealkylation sites (tertiary alicyclic amines) is 2. The first-order chi connectivity index (χ1) is 8.74. The minimum absolute atomic E-state index is 0.267. The van der Waals surface area contributed by atoms with Gasteiger partial charge < -0.3 is 9.80 Å². The molecular weight excluding hydrogens is 226 g/mol. The molecule has 2 rings (SSSR count). The predicted molar refractivity (Wildman–Crippen MR) is 69.8 cm³/mol. The number of nitrogens with zero attached hydrogens (tertiary/aromatic N) is 3. The van der Waals surface area contributed by atoms with E-state index in [4.69, 9.17) is 5.26 Å². The van der Waals surface area contributed by atoms with Crippen molar-refractivity contribution in [2.45, 2.75) is 45.1 Å². The summed E-state index contributed by atoms with van der Waals surface area (Å²) in [5.74, 6) is 0.555. The van der Waals surface area contributed by atoms with E-state index in [9.17, 15) is 4.79 Å². The third-order valence-corrected chi connectivity index (χ3v) is 4.35. The minimum atomic E-state index is 0.267. The average molecular weight is 249 g/mol. The second-order valence-electron chi connectivity index (χ2n) is 5.40. The minimum Gasteiger partial charge on any atom is -0.343 e. The van der Waals surface area contributed by atoms with E-state index in [1.807, 2.05) is 11.8 Å². The highest BCUT2D eigenvalue weighted by atomic mass is 16.2. The van der Waals surface area contributed by atoms with Crippen molar-refractivity contribution in [3.05, 3.63) is 0 Å². The van der Waals surface area contributed by atoms with Crippen molar-refractivity contribution in [2.75, 3.05) is 26.2 Å². The molecule has 2 aliphatic rings. The third-order valence-electron chi connectivity index (χ3n) is 4.35. The molecule has 0 aromatic rings. The summed E-state index contributed by atoms with van der Waals surface area (Å²) in [5, 5.41) is 8.90. The van der Waals surface area contributed by atoms with Crippen molar-refractivity contribution < 1.29 is 4.79 Å². The molecule has 0 unspecified atom stereocenters. The SMILES string of the molecule is CCC(=O)N1CCC(N2CCC(C#N)CC2)CC1. The average Bonchev–Trinajstić information content (AvgIpc) is 2.47. The Kier molecular flexibility index (Phi) is 4.60. The molecule has 0 spiro atoms. The van der Waals surface area contributed by atoms with Crippen molar-refractivity contribution >= 4 is 5.91 Å². The van der Waals surface area contributed by atoms with Gasteiger partial charge >= 0.3 is 0 Å². The number of amides is 1. The van der Waals surface area contributed by atoms with Crippen LogP contribution in [0, 0.1) is 17.2 Å². The van der Waals surface area contributed by atoms with Crippen LogP contribution in [0.2, 0.25) is 0 Å². The van der Waals surface area contributed by atoms with E-state index >= 15 is 0 Å². The Bertz CT molecular complexity index is 320. The molecule has 4 nitrogen and oxygen atoms in total. The van der Waals surface area contributed by atoms with Gasteiger partial charge in [0.25, 0.3) is 0 Å². The van der Waals surface area contributed by atoms with Crippen LogP contribution >= 0.6 is 0 Å². The molecule has 0 aliphatic carbocycles. The molecule has 1 amide bonds. The van der Waals surface area contributed by atoms with E-state index in [0.29, 0.717) is 12.5 Å². The van der Waals surface area contributed by atoms with Crippen LogP contribution in [-0.2, 0) is 4.79 Å². The molecule has 2 fully saturated rings. The van der Waals surface area contributed by atoms with Gasteiger partial charge in [-0.15, -0.1) is 0 Å². The molecule has 0 radical (unpaired) electrons. The van der Waals surface area contributed by atoms with E-state index in [2.05, 4.69) is 11.0 Å². The van der Waals surface area contributed by atoms with Crippen molar-refractivity contribution in [1.82, 2.24) is 9.80 Å². The molecule has 2 aliphatic heterocycles. The molecule has 18 heavy (non-hydrogen) atoms. The van der Waals surface area contributed by atoms with Gasteiger partial charge in [-0.05, 0) is 38.8 Å². The van der Waals surface area contributed by atoms with Crippen molar-refractivity contribution in [3.63, 3.8) is 0 Å². The summed E-state index contributed by atoms with van der Waals surface area (Å²) in [5.41, 5.74) is 0.